The van der Waals surface area contributed by atoms with Gasteiger partial charge in [-0.25, -0.2) is 4.98 Å². The molecule has 6 heteroatoms. The lowest BCUT2D eigenvalue weighted by Crippen LogP contribution is -2.47. The zero-order valence-corrected chi connectivity index (χ0v) is 8.93. The van der Waals surface area contributed by atoms with Crippen LogP contribution < -0.4 is 16.4 Å². The van der Waals surface area contributed by atoms with E-state index in [0.29, 0.717) is 24.5 Å². The quantitative estimate of drug-likeness (QED) is 0.540. The molecule has 1 fully saturated rings. The summed E-state index contributed by atoms with van der Waals surface area (Å²) in [5.41, 5.74) is 10.4. The number of aliphatic hydroxyl groups excluding tert-OH is 1. The summed E-state index contributed by atoms with van der Waals surface area (Å²) in [5, 5.41) is 19.3. The van der Waals surface area contributed by atoms with Crippen LogP contribution in [0.4, 0.5) is 17.3 Å². The summed E-state index contributed by atoms with van der Waals surface area (Å²) in [6.07, 6.45) is 1.33. The number of nitrogens with two attached hydrogens (primary N) is 2. The van der Waals surface area contributed by atoms with E-state index in [2.05, 4.69) is 4.98 Å². The Hall–Kier alpha value is -1.53. The van der Waals surface area contributed by atoms with E-state index < -0.39 is 5.72 Å². The first-order valence-corrected chi connectivity index (χ1v) is 5.20. The molecule has 6 nitrogen and oxygen atoms in total. The van der Waals surface area contributed by atoms with Gasteiger partial charge in [-0.15, -0.1) is 0 Å². The van der Waals surface area contributed by atoms with Crippen LogP contribution in [0.1, 0.15) is 12.8 Å². The topological polar surface area (TPSA) is 109 Å². The van der Waals surface area contributed by atoms with Crippen LogP contribution in [-0.2, 0) is 0 Å². The van der Waals surface area contributed by atoms with Crippen molar-refractivity contribution in [2.75, 3.05) is 29.5 Å². The highest BCUT2D eigenvalue weighted by Gasteiger charge is 2.39. The fourth-order valence-electron chi connectivity index (χ4n) is 1.98. The second-order valence-electron chi connectivity index (χ2n) is 4.04. The first-order chi connectivity index (χ1) is 7.57. The largest absolute Gasteiger partial charge is 0.396 e. The molecular formula is C10H16N4O2. The van der Waals surface area contributed by atoms with Gasteiger partial charge in [0.2, 0.25) is 0 Å². The van der Waals surface area contributed by atoms with Crippen molar-refractivity contribution in [2.45, 2.75) is 18.6 Å². The van der Waals surface area contributed by atoms with Gasteiger partial charge in [0, 0.05) is 6.54 Å². The Bertz CT molecular complexity index is 398. The number of aliphatic hydroxyl groups is 2. The Morgan fingerprint density at radius 1 is 1.44 bits per heavy atom. The first kappa shape index (κ1) is 11.0. The average molecular weight is 224 g/mol. The monoisotopic (exact) mass is 224 g/mol. The predicted molar refractivity (Wildman–Crippen MR) is 61.7 cm³/mol. The summed E-state index contributed by atoms with van der Waals surface area (Å²) >= 11 is 0. The summed E-state index contributed by atoms with van der Waals surface area (Å²) in [5.74, 6) is 0.783. The number of nitrogens with zero attached hydrogens (tertiary/aromatic N) is 2. The highest BCUT2D eigenvalue weighted by atomic mass is 16.4. The molecule has 0 aliphatic carbocycles. The van der Waals surface area contributed by atoms with E-state index in [-0.39, 0.29) is 12.4 Å². The van der Waals surface area contributed by atoms with E-state index in [1.54, 1.807) is 17.0 Å². The summed E-state index contributed by atoms with van der Waals surface area (Å²) in [7, 11) is 0. The van der Waals surface area contributed by atoms with Crippen molar-refractivity contribution in [1.82, 2.24) is 4.98 Å². The molecule has 0 amide bonds. The molecule has 1 atom stereocenters. The lowest BCUT2D eigenvalue weighted by atomic mass is 10.2. The first-order valence-electron chi connectivity index (χ1n) is 5.20. The lowest BCUT2D eigenvalue weighted by Gasteiger charge is -2.32. The Labute approximate surface area is 93.5 Å². The molecule has 0 aromatic carbocycles. The van der Waals surface area contributed by atoms with E-state index in [1.807, 2.05) is 0 Å². The third kappa shape index (κ3) is 1.66. The van der Waals surface area contributed by atoms with Crippen molar-refractivity contribution < 1.29 is 10.2 Å². The van der Waals surface area contributed by atoms with Crippen molar-refractivity contribution >= 4 is 17.3 Å². The van der Waals surface area contributed by atoms with E-state index in [1.165, 1.54) is 0 Å². The van der Waals surface area contributed by atoms with Crippen molar-refractivity contribution in [3.05, 3.63) is 12.1 Å². The molecule has 1 aliphatic heterocycles. The second-order valence-corrected chi connectivity index (χ2v) is 4.04. The van der Waals surface area contributed by atoms with Crippen LogP contribution in [0.3, 0.4) is 0 Å². The van der Waals surface area contributed by atoms with Gasteiger partial charge < -0.3 is 26.6 Å². The smallest absolute Gasteiger partial charge is 0.162 e. The maximum atomic E-state index is 10.1. The number of hydrogen-bond donors (Lipinski definition) is 4. The molecule has 1 saturated heterocycles. The molecule has 1 aromatic rings. The van der Waals surface area contributed by atoms with Gasteiger partial charge in [0.25, 0.3) is 0 Å². The molecule has 0 saturated carbocycles. The number of hydrogen-bond acceptors (Lipinski definition) is 6. The molecule has 16 heavy (non-hydrogen) atoms. The highest BCUT2D eigenvalue weighted by Crippen LogP contribution is 2.31. The van der Waals surface area contributed by atoms with E-state index in [9.17, 15) is 10.2 Å². The minimum Gasteiger partial charge on any atom is -0.396 e. The van der Waals surface area contributed by atoms with Crippen LogP contribution >= 0.6 is 0 Å². The maximum absolute atomic E-state index is 10.1. The summed E-state index contributed by atoms with van der Waals surface area (Å²) in [6, 6.07) is 3.34. The fourth-order valence-corrected chi connectivity index (χ4v) is 1.98. The van der Waals surface area contributed by atoms with Gasteiger partial charge in [-0.1, -0.05) is 0 Å². The normalized spacial score (nSPS) is 25.0. The summed E-state index contributed by atoms with van der Waals surface area (Å²) in [4.78, 5) is 5.76. The van der Waals surface area contributed by atoms with E-state index in [4.69, 9.17) is 11.5 Å². The van der Waals surface area contributed by atoms with Gasteiger partial charge in [-0.2, -0.15) is 0 Å². The van der Waals surface area contributed by atoms with Gasteiger partial charge in [0.1, 0.15) is 11.6 Å². The number of aromatic nitrogens is 1. The van der Waals surface area contributed by atoms with Crippen LogP contribution in [0.5, 0.6) is 0 Å². The van der Waals surface area contributed by atoms with Gasteiger partial charge >= 0.3 is 0 Å². The Morgan fingerprint density at radius 3 is 2.81 bits per heavy atom. The van der Waals surface area contributed by atoms with Crippen LogP contribution in [0.15, 0.2) is 12.1 Å². The van der Waals surface area contributed by atoms with E-state index in [0.717, 1.165) is 6.42 Å². The minimum atomic E-state index is -1.23. The summed E-state index contributed by atoms with van der Waals surface area (Å²) in [6.45, 7) is 0.326. The molecule has 1 unspecified atom stereocenters. The number of rotatable bonds is 2. The van der Waals surface area contributed by atoms with Crippen LogP contribution in [0.2, 0.25) is 0 Å². The fraction of sp³-hybridized carbons (Fsp3) is 0.500. The molecular weight excluding hydrogens is 208 g/mol. The molecule has 2 heterocycles. The van der Waals surface area contributed by atoms with Gasteiger partial charge in [-0.3, -0.25) is 0 Å². The standard InChI is InChI=1S/C10H16N4O2/c11-7-2-3-8(13-9(7)12)14-5-1-4-10(14,16)6-15/h2-3,15-16H,1,4-6,11H2,(H2,12,13). The number of anilines is 3. The molecule has 0 radical (unpaired) electrons. The summed E-state index contributed by atoms with van der Waals surface area (Å²) < 4.78 is 0. The lowest BCUT2D eigenvalue weighted by molar-refractivity contribution is -0.00543. The van der Waals surface area contributed by atoms with Crippen molar-refractivity contribution in [3.8, 4) is 0 Å². The van der Waals surface area contributed by atoms with E-state index >= 15 is 0 Å². The molecule has 0 spiro atoms. The van der Waals surface area contributed by atoms with Crippen molar-refractivity contribution in [3.63, 3.8) is 0 Å². The third-order valence-electron chi connectivity index (χ3n) is 2.93. The zero-order valence-electron chi connectivity index (χ0n) is 8.93. The Morgan fingerprint density at radius 2 is 2.19 bits per heavy atom. The molecule has 1 aliphatic rings. The molecule has 88 valence electrons. The number of nitrogen functional groups attached to an aromatic ring is 2. The van der Waals surface area contributed by atoms with Gasteiger partial charge in [-0.05, 0) is 25.0 Å². The van der Waals surface area contributed by atoms with Crippen molar-refractivity contribution in [2.24, 2.45) is 0 Å². The van der Waals surface area contributed by atoms with Gasteiger partial charge in [0.05, 0.1) is 12.3 Å². The Kier molecular flexibility index (Phi) is 2.61. The SMILES string of the molecule is Nc1ccc(N2CCCC2(O)CO)nc1N. The van der Waals surface area contributed by atoms with Crippen LogP contribution in [0, 0.1) is 0 Å². The number of pyridine rings is 1. The Balaban J connectivity index is 2.33. The molecule has 6 N–H and O–H groups in total. The van der Waals surface area contributed by atoms with Gasteiger partial charge in [0.15, 0.2) is 5.72 Å². The molecule has 2 rings (SSSR count). The van der Waals surface area contributed by atoms with Crippen molar-refractivity contribution in [1.29, 1.82) is 0 Å². The average Bonchev–Trinajstić information content (AvgIpc) is 2.65. The van der Waals surface area contributed by atoms with Crippen LogP contribution in [0.25, 0.3) is 0 Å². The third-order valence-corrected chi connectivity index (χ3v) is 2.93. The van der Waals surface area contributed by atoms with Crippen LogP contribution in [-0.4, -0.2) is 34.1 Å². The second kappa shape index (κ2) is 3.80. The highest BCUT2D eigenvalue weighted by molar-refractivity contribution is 5.62. The molecule has 1 aromatic heterocycles. The predicted octanol–water partition coefficient (Wildman–Crippen LogP) is -0.473. The zero-order chi connectivity index (χ0) is 11.8. The minimum absolute atomic E-state index is 0.240. The maximum Gasteiger partial charge on any atom is 0.162 e. The molecule has 0 bridgehead atoms.